The molecule has 0 radical (unpaired) electrons. The number of methoxy groups -OCH3 is 1. The van der Waals surface area contributed by atoms with Gasteiger partial charge >= 0.3 is 0 Å². The summed E-state index contributed by atoms with van der Waals surface area (Å²) in [7, 11) is 1.60. The SMILES string of the molecule is COc1cccc(O[C@H]2CCN(C(=O)c3ccnc(C)n3)CC[C@@H]2O)c1. The second-order valence-electron chi connectivity index (χ2n) is 6.26. The highest BCUT2D eigenvalue weighted by atomic mass is 16.5. The largest absolute Gasteiger partial charge is 0.497 e. The molecule has 1 aromatic heterocycles. The highest BCUT2D eigenvalue weighted by Gasteiger charge is 2.29. The summed E-state index contributed by atoms with van der Waals surface area (Å²) in [6.07, 6.45) is 1.54. The van der Waals surface area contributed by atoms with Crippen molar-refractivity contribution >= 4 is 5.91 Å². The lowest BCUT2D eigenvalue weighted by atomic mass is 10.1. The molecular weight excluding hydrogens is 334 g/mol. The van der Waals surface area contributed by atoms with E-state index in [0.29, 0.717) is 48.9 Å². The lowest BCUT2D eigenvalue weighted by Gasteiger charge is -2.22. The van der Waals surface area contributed by atoms with E-state index >= 15 is 0 Å². The third kappa shape index (κ3) is 4.29. The van der Waals surface area contributed by atoms with Gasteiger partial charge in [0.15, 0.2) is 0 Å². The van der Waals surface area contributed by atoms with Crippen LogP contribution in [-0.4, -0.2) is 58.3 Å². The number of aryl methyl sites for hydroxylation is 1. The molecule has 26 heavy (non-hydrogen) atoms. The number of hydrogen-bond acceptors (Lipinski definition) is 6. The van der Waals surface area contributed by atoms with E-state index in [1.54, 1.807) is 37.3 Å². The number of hydrogen-bond donors (Lipinski definition) is 1. The van der Waals surface area contributed by atoms with Gasteiger partial charge in [-0.2, -0.15) is 0 Å². The number of aromatic nitrogens is 2. The normalized spacial score (nSPS) is 20.3. The summed E-state index contributed by atoms with van der Waals surface area (Å²) in [4.78, 5) is 22.6. The number of aliphatic hydroxyl groups is 1. The van der Waals surface area contributed by atoms with Crippen LogP contribution in [0.15, 0.2) is 36.5 Å². The van der Waals surface area contributed by atoms with Crippen molar-refractivity contribution in [3.05, 3.63) is 48.0 Å². The van der Waals surface area contributed by atoms with Crippen LogP contribution < -0.4 is 9.47 Å². The van der Waals surface area contributed by atoms with Gasteiger partial charge in [0, 0.05) is 31.8 Å². The van der Waals surface area contributed by atoms with Crippen LogP contribution in [0.5, 0.6) is 11.5 Å². The maximum Gasteiger partial charge on any atom is 0.272 e. The minimum absolute atomic E-state index is 0.148. The van der Waals surface area contributed by atoms with Gasteiger partial charge in [-0.25, -0.2) is 9.97 Å². The van der Waals surface area contributed by atoms with Gasteiger partial charge in [-0.1, -0.05) is 6.07 Å². The molecular formula is C19H23N3O4. The van der Waals surface area contributed by atoms with Crippen molar-refractivity contribution in [3.63, 3.8) is 0 Å². The van der Waals surface area contributed by atoms with Crippen LogP contribution in [0.3, 0.4) is 0 Å². The third-order valence-corrected chi connectivity index (χ3v) is 4.42. The number of nitrogens with zero attached hydrogens (tertiary/aromatic N) is 3. The van der Waals surface area contributed by atoms with Crippen molar-refractivity contribution in [1.29, 1.82) is 0 Å². The van der Waals surface area contributed by atoms with E-state index in [9.17, 15) is 9.90 Å². The number of ether oxygens (including phenoxy) is 2. The third-order valence-electron chi connectivity index (χ3n) is 4.42. The summed E-state index contributed by atoms with van der Waals surface area (Å²) in [5.74, 6) is 1.75. The number of amides is 1. The lowest BCUT2D eigenvalue weighted by molar-refractivity contribution is 0.0349. The van der Waals surface area contributed by atoms with E-state index in [0.717, 1.165) is 0 Å². The van der Waals surface area contributed by atoms with Crippen molar-refractivity contribution in [3.8, 4) is 11.5 Å². The van der Waals surface area contributed by atoms with Crippen LogP contribution in [0, 0.1) is 6.92 Å². The zero-order valence-electron chi connectivity index (χ0n) is 15.0. The van der Waals surface area contributed by atoms with Gasteiger partial charge in [0.2, 0.25) is 0 Å². The van der Waals surface area contributed by atoms with Crippen LogP contribution in [0.25, 0.3) is 0 Å². The Morgan fingerprint density at radius 2 is 2.00 bits per heavy atom. The van der Waals surface area contributed by atoms with Gasteiger partial charge in [0.05, 0.1) is 13.2 Å². The first-order valence-corrected chi connectivity index (χ1v) is 8.64. The minimum atomic E-state index is -0.647. The molecule has 1 aromatic carbocycles. The molecule has 0 unspecified atom stereocenters. The Bertz CT molecular complexity index is 768. The van der Waals surface area contributed by atoms with Gasteiger partial charge in [0.25, 0.3) is 5.91 Å². The Morgan fingerprint density at radius 1 is 1.23 bits per heavy atom. The molecule has 7 heteroatoms. The van der Waals surface area contributed by atoms with Crippen molar-refractivity contribution in [1.82, 2.24) is 14.9 Å². The van der Waals surface area contributed by atoms with E-state index in [4.69, 9.17) is 9.47 Å². The fraction of sp³-hybridized carbons (Fsp3) is 0.421. The number of benzene rings is 1. The molecule has 3 rings (SSSR count). The molecule has 7 nitrogen and oxygen atoms in total. The highest BCUT2D eigenvalue weighted by Crippen LogP contribution is 2.24. The standard InChI is InChI=1S/C19H23N3O4/c1-13-20-9-6-16(21-13)19(24)22-10-7-17(23)18(8-11-22)26-15-5-3-4-14(12-15)25-2/h3-6,9,12,17-18,23H,7-8,10-11H2,1-2H3/t17-,18-/m0/s1. The summed E-state index contributed by atoms with van der Waals surface area (Å²) < 4.78 is 11.1. The van der Waals surface area contributed by atoms with Crippen molar-refractivity contribution in [2.75, 3.05) is 20.2 Å². The Kier molecular flexibility index (Phi) is 5.68. The molecule has 1 saturated heterocycles. The average molecular weight is 357 g/mol. The van der Waals surface area contributed by atoms with Gasteiger partial charge in [0.1, 0.15) is 29.1 Å². The summed E-state index contributed by atoms with van der Waals surface area (Å²) in [5, 5.41) is 10.4. The second-order valence-corrected chi connectivity index (χ2v) is 6.26. The molecule has 0 aliphatic carbocycles. The number of rotatable bonds is 4. The summed E-state index contributed by atoms with van der Waals surface area (Å²) >= 11 is 0. The van der Waals surface area contributed by atoms with E-state index in [-0.39, 0.29) is 12.0 Å². The molecule has 0 saturated carbocycles. The number of likely N-dealkylation sites (tertiary alicyclic amines) is 1. The molecule has 1 N–H and O–H groups in total. The maximum absolute atomic E-state index is 12.7. The van der Waals surface area contributed by atoms with E-state index in [1.807, 2.05) is 18.2 Å². The molecule has 2 heterocycles. The lowest BCUT2D eigenvalue weighted by Crippen LogP contribution is -2.33. The summed E-state index contributed by atoms with van der Waals surface area (Å²) in [6.45, 7) is 2.70. The van der Waals surface area contributed by atoms with Crippen LogP contribution in [-0.2, 0) is 0 Å². The first kappa shape index (κ1) is 18.1. The van der Waals surface area contributed by atoms with Gasteiger partial charge < -0.3 is 19.5 Å². The van der Waals surface area contributed by atoms with Crippen LogP contribution in [0.2, 0.25) is 0 Å². The number of carbonyl (C=O) groups is 1. The Hall–Kier alpha value is -2.67. The maximum atomic E-state index is 12.7. The Morgan fingerprint density at radius 3 is 2.77 bits per heavy atom. The van der Waals surface area contributed by atoms with Crippen molar-refractivity contribution in [2.24, 2.45) is 0 Å². The zero-order chi connectivity index (χ0) is 18.5. The zero-order valence-corrected chi connectivity index (χ0v) is 15.0. The molecule has 0 spiro atoms. The van der Waals surface area contributed by atoms with Crippen LogP contribution >= 0.6 is 0 Å². The predicted octanol–water partition coefficient (Wildman–Crippen LogP) is 1.84. The first-order valence-electron chi connectivity index (χ1n) is 8.64. The Balaban J connectivity index is 1.66. The first-order chi connectivity index (χ1) is 12.6. The van der Waals surface area contributed by atoms with Gasteiger partial charge in [-0.15, -0.1) is 0 Å². The number of aliphatic hydroxyl groups excluding tert-OH is 1. The molecule has 1 aliphatic heterocycles. The molecule has 2 atom stereocenters. The molecule has 1 aliphatic rings. The van der Waals surface area contributed by atoms with Crippen molar-refractivity contribution in [2.45, 2.75) is 32.0 Å². The van der Waals surface area contributed by atoms with E-state index in [1.165, 1.54) is 0 Å². The topological polar surface area (TPSA) is 84.8 Å². The molecule has 0 bridgehead atoms. The number of carbonyl (C=O) groups excluding carboxylic acids is 1. The molecule has 1 amide bonds. The van der Waals surface area contributed by atoms with Gasteiger partial charge in [-0.3, -0.25) is 4.79 Å². The van der Waals surface area contributed by atoms with Gasteiger partial charge in [-0.05, 0) is 31.5 Å². The summed E-state index contributed by atoms with van der Waals surface area (Å²) in [5.41, 5.74) is 0.374. The summed E-state index contributed by atoms with van der Waals surface area (Å²) in [6, 6.07) is 8.89. The monoisotopic (exact) mass is 357 g/mol. The highest BCUT2D eigenvalue weighted by molar-refractivity contribution is 5.92. The van der Waals surface area contributed by atoms with Crippen molar-refractivity contribution < 1.29 is 19.4 Å². The average Bonchev–Trinajstić information content (AvgIpc) is 2.83. The predicted molar refractivity (Wildman–Crippen MR) is 95.3 cm³/mol. The molecule has 2 aromatic rings. The second kappa shape index (κ2) is 8.14. The smallest absolute Gasteiger partial charge is 0.272 e. The van der Waals surface area contributed by atoms with E-state index < -0.39 is 6.10 Å². The fourth-order valence-electron chi connectivity index (χ4n) is 2.99. The molecule has 1 fully saturated rings. The fourth-order valence-corrected chi connectivity index (χ4v) is 2.99. The van der Waals surface area contributed by atoms with Crippen LogP contribution in [0.1, 0.15) is 29.2 Å². The molecule has 138 valence electrons. The minimum Gasteiger partial charge on any atom is -0.497 e. The quantitative estimate of drug-likeness (QED) is 0.899. The van der Waals surface area contributed by atoms with E-state index in [2.05, 4.69) is 9.97 Å². The Labute approximate surface area is 152 Å². The van der Waals surface area contributed by atoms with Crippen LogP contribution in [0.4, 0.5) is 0 Å².